The van der Waals surface area contributed by atoms with Crippen molar-refractivity contribution in [1.29, 1.82) is 10.5 Å². The van der Waals surface area contributed by atoms with Gasteiger partial charge in [0.2, 0.25) is 5.82 Å². The molecule has 7 aromatic heterocycles. The summed E-state index contributed by atoms with van der Waals surface area (Å²) >= 11 is 48.5. The Balaban J connectivity index is 0.000000209. The van der Waals surface area contributed by atoms with E-state index in [1.165, 1.54) is 77.0 Å². The molecule has 0 saturated heterocycles. The molecule has 7 heterocycles. The van der Waals surface area contributed by atoms with Crippen molar-refractivity contribution >= 4 is 230 Å². The molecule has 760 valence electrons. The van der Waals surface area contributed by atoms with Crippen molar-refractivity contribution in [2.75, 3.05) is 68.6 Å². The summed E-state index contributed by atoms with van der Waals surface area (Å²) in [6, 6.07) is 43.1. The van der Waals surface area contributed by atoms with Gasteiger partial charge in [-0.15, -0.1) is 0 Å². The number of carboxylic acid groups (broad SMARTS) is 4. The molecule has 0 fully saturated rings. The van der Waals surface area contributed by atoms with Crippen LogP contribution in [0.15, 0.2) is 169 Å². The van der Waals surface area contributed by atoms with Crippen molar-refractivity contribution in [3.63, 3.8) is 0 Å². The zero-order valence-electron chi connectivity index (χ0n) is 74.1. The lowest BCUT2D eigenvalue weighted by atomic mass is 10.1. The van der Waals surface area contributed by atoms with Crippen molar-refractivity contribution in [2.45, 2.75) is 13.2 Å². The molecule has 14 rings (SSSR count). The zero-order valence-corrected chi connectivity index (χ0v) is 85.3. The Hall–Kier alpha value is -15.2. The summed E-state index contributed by atoms with van der Waals surface area (Å²) in [5, 5.41) is 52.2. The molecule has 54 heteroatoms. The average Bonchev–Trinajstić information content (AvgIpc) is 0.780. The number of nitrogen functional groups attached to an aromatic ring is 7. The number of aromatic nitrogens is 8. The van der Waals surface area contributed by atoms with Gasteiger partial charge in [-0.25, -0.2) is 95.4 Å². The maximum atomic E-state index is 14.2. The van der Waals surface area contributed by atoms with E-state index < -0.39 is 140 Å². The molecule has 0 aliphatic heterocycles. The standard InChI is InChI=1S/C14H10Cl2F2N2O3.C14H9ClFN3O2.C14H10FIN2O2.C13H7Cl2N3O2.C13H6ClF5N2O3.C13H12IN3O3.C12H7BrClFN2O2/c1-22-13(21)12-9(16)10(19)8(15)11(20-12)6-2-4-7(5-3-6)23-14(17)18;1-21-14(20)13-12(15)10(18)5-11(19-13)8-3-2-7(6-17)4-9(8)16;1-2-9-11(17)10(15)12(18-13(9)14(19)20)7-3-5-8(16)6-4-7;14-8-10(17)9(15)12(13(19)20)18-11(8)7-3-1-6(5-16)2-4-7;14-5-9(20)8(17)10(21-11(5)12(22)23)3-1-2-4(24-13(18)19)7(16)6(3)15;1-19-10-9(13(18)20-2)16-12(17-11(10)15)7-3-5-8(14)6-4-7;13-6-3-1-5(2-4-6)10-8(15)9(16)7(14)11(17-10)12(18)19/h2-5,14H,1H3,(H2,19,20);2-5H,1H3,(H2,18,19);2-6H,1H2,(H2,17,18)(H,19,20);1-4H,(H2,17,18)(H,19,20);1-2,13H,(H2,20,21)(H,22,23);3-6H,1-2H3,(H2,15,16,17);1-4H,(H2,16,17)(H,18,19). The molecule has 147 heavy (non-hydrogen) atoms. The van der Waals surface area contributed by atoms with E-state index in [4.69, 9.17) is 157 Å². The van der Waals surface area contributed by atoms with E-state index in [0.717, 1.165) is 23.2 Å². The number of methoxy groups -OCH3 is 4. The highest BCUT2D eigenvalue weighted by Crippen LogP contribution is 2.43. The number of carbonyl (C=O) groups is 7. The van der Waals surface area contributed by atoms with Crippen molar-refractivity contribution < 1.29 is 126 Å². The molecule has 34 nitrogen and oxygen atoms in total. The number of halogens is 20. The fraction of sp³-hybridized carbons (Fsp3) is 0.0645. The van der Waals surface area contributed by atoms with Gasteiger partial charge in [0, 0.05) is 56.1 Å². The quantitative estimate of drug-likeness (QED) is 0.0146. The van der Waals surface area contributed by atoms with Gasteiger partial charge in [-0.2, -0.15) is 32.5 Å². The predicted molar refractivity (Wildman–Crippen MR) is 546 cm³/mol. The molecule has 0 aliphatic carbocycles. The Kier molecular flexibility index (Phi) is 41.8. The van der Waals surface area contributed by atoms with Crippen LogP contribution in [0.2, 0.25) is 35.2 Å². The average molecular weight is 2460 g/mol. The minimum absolute atomic E-state index is 0.00994. The number of nitrogens with zero attached hydrogens (tertiary/aromatic N) is 10. The van der Waals surface area contributed by atoms with E-state index in [2.05, 4.69) is 131 Å². The number of rotatable bonds is 20. The third-order valence-electron chi connectivity index (χ3n) is 18.8. The summed E-state index contributed by atoms with van der Waals surface area (Å²) in [7, 11) is 5.00. The second-order valence-corrected chi connectivity index (χ2v) is 33.9. The van der Waals surface area contributed by atoms with Crippen LogP contribution in [0.5, 0.6) is 17.2 Å². The zero-order chi connectivity index (χ0) is 109. The van der Waals surface area contributed by atoms with Crippen molar-refractivity contribution in [3.8, 4) is 108 Å². The fourth-order valence-electron chi connectivity index (χ4n) is 11.8. The number of esters is 3. The number of nitriles is 2. The molecule has 0 spiro atoms. The minimum atomic E-state index is -3.41. The number of pyridine rings is 6. The molecular formula is C93H61BrCl7F10I2N17O17. The molecule has 0 radical (unpaired) electrons. The van der Waals surface area contributed by atoms with E-state index in [0.29, 0.717) is 45.8 Å². The first-order valence-electron chi connectivity index (χ1n) is 39.4. The molecule has 7 aromatic carbocycles. The Labute approximate surface area is 892 Å². The van der Waals surface area contributed by atoms with Crippen molar-refractivity contribution in [3.05, 3.63) is 303 Å². The summed E-state index contributed by atoms with van der Waals surface area (Å²) in [5.74, 6) is -15.6. The number of hydrogen-bond donors (Lipinski definition) is 11. The van der Waals surface area contributed by atoms with Crippen molar-refractivity contribution in [1.82, 2.24) is 39.9 Å². The van der Waals surface area contributed by atoms with Gasteiger partial charge < -0.3 is 89.0 Å². The molecule has 18 N–H and O–H groups in total. The fourth-order valence-corrected chi connectivity index (χ4v) is 14.4. The summed E-state index contributed by atoms with van der Waals surface area (Å²) in [6.45, 7) is -2.90. The molecule has 0 atom stereocenters. The van der Waals surface area contributed by atoms with E-state index >= 15 is 0 Å². The largest absolute Gasteiger partial charge is 0.491 e. The topological polar surface area (TPSA) is 589 Å². The van der Waals surface area contributed by atoms with Gasteiger partial charge in [0.25, 0.3) is 0 Å². The molecule has 0 aliphatic rings. The van der Waals surface area contributed by atoms with Crippen molar-refractivity contribution in [2.24, 2.45) is 0 Å². The summed E-state index contributed by atoms with van der Waals surface area (Å²) < 4.78 is 162. The van der Waals surface area contributed by atoms with Gasteiger partial charge in [0.1, 0.15) is 28.6 Å². The predicted octanol–water partition coefficient (Wildman–Crippen LogP) is 22.8. The summed E-state index contributed by atoms with van der Waals surface area (Å²) in [5.41, 5.74) is 37.2. The first-order valence-corrected chi connectivity index (χ1v) is 45.0. The monoisotopic (exact) mass is 2450 g/mol. The number of ether oxygens (including phenoxy) is 6. The highest BCUT2D eigenvalue weighted by Gasteiger charge is 2.31. The van der Waals surface area contributed by atoms with E-state index in [-0.39, 0.29) is 139 Å². The number of benzene rings is 7. The molecule has 14 aromatic rings. The Morgan fingerprint density at radius 2 is 0.776 bits per heavy atom. The SMILES string of the molecule is C=Cc1c(C(=O)O)nc(-c2ccc(I)cc2)c(F)c1N.COC(=O)c1nc(-c2ccc(C#N)cc2F)cc(N)c1Cl.COC(=O)c1nc(-c2ccc(I)cc2)nc(N)c1OC.COC(=O)c1nc(-c2ccc(OC(F)F)cc2)c(Cl)c(N)c1Cl.N#Cc1ccc(-c2nc(C(=O)O)c(Cl)c(N)c2Cl)cc1.Nc1c(F)c(-c2ccc(Br)cc2)nc(C(=O)O)c1Cl.Nc1c(F)c(-c2ccc(OC(F)F)c(F)c2F)nc(C(=O)O)c1Cl. The lowest BCUT2D eigenvalue weighted by Gasteiger charge is -2.12. The Morgan fingerprint density at radius 3 is 1.22 bits per heavy atom. The third-order valence-corrected chi connectivity index (χ3v) is 23.4. The first-order chi connectivity index (χ1) is 69.3. The maximum Gasteiger partial charge on any atom is 0.387 e. The number of aromatic carboxylic acids is 4. The van der Waals surface area contributed by atoms with Crippen LogP contribution >= 0.6 is 142 Å². The minimum Gasteiger partial charge on any atom is -0.491 e. The summed E-state index contributed by atoms with van der Waals surface area (Å²) in [6.07, 6.45) is 1.19. The highest BCUT2D eigenvalue weighted by molar-refractivity contribution is 14.1. The molecule has 0 bridgehead atoms. The number of alkyl halides is 4. The van der Waals surface area contributed by atoms with Gasteiger partial charge in [-0.3, -0.25) is 0 Å². The number of carbonyl (C=O) groups excluding carboxylic acids is 3. The van der Waals surface area contributed by atoms with Gasteiger partial charge in [0.05, 0.1) is 138 Å². The van der Waals surface area contributed by atoms with Crippen LogP contribution in [0.25, 0.3) is 85.0 Å². The Morgan fingerprint density at radius 1 is 0.401 bits per heavy atom. The van der Waals surface area contributed by atoms with Gasteiger partial charge in [-0.1, -0.05) is 158 Å². The highest BCUT2D eigenvalue weighted by atomic mass is 127. The maximum absolute atomic E-state index is 14.2. The van der Waals surface area contributed by atoms with Gasteiger partial charge in [0.15, 0.2) is 86.3 Å². The second-order valence-electron chi connectivity index (χ2n) is 27.9. The molecule has 0 unspecified atom stereocenters. The van der Waals surface area contributed by atoms with Crippen LogP contribution in [-0.4, -0.2) is 144 Å². The van der Waals surface area contributed by atoms with Gasteiger partial charge >= 0.3 is 55.0 Å². The molecule has 0 amide bonds. The van der Waals surface area contributed by atoms with Crippen LogP contribution in [0, 0.1) is 64.7 Å². The van der Waals surface area contributed by atoms with Crippen LogP contribution < -0.4 is 54.3 Å². The normalized spacial score (nSPS) is 10.4. The molecular weight excluding hydrogens is 2400 g/mol. The lowest BCUT2D eigenvalue weighted by Crippen LogP contribution is -2.11. The number of carboxylic acids is 4. The van der Waals surface area contributed by atoms with Crippen LogP contribution in [0.1, 0.15) is 90.1 Å². The number of anilines is 7. The van der Waals surface area contributed by atoms with E-state index in [1.54, 1.807) is 72.8 Å². The third kappa shape index (κ3) is 28.7. The lowest BCUT2D eigenvalue weighted by molar-refractivity contribution is -0.0526. The van der Waals surface area contributed by atoms with E-state index in [1.807, 2.05) is 36.4 Å². The van der Waals surface area contributed by atoms with Crippen LogP contribution in [0.4, 0.5) is 83.8 Å². The van der Waals surface area contributed by atoms with Gasteiger partial charge in [-0.05, 0) is 154 Å². The number of nitrogens with two attached hydrogens (primary N) is 7. The van der Waals surface area contributed by atoms with E-state index in [9.17, 15) is 77.5 Å². The first kappa shape index (κ1) is 117. The van der Waals surface area contributed by atoms with Crippen LogP contribution in [-0.2, 0) is 14.2 Å². The number of hydrogen-bond acceptors (Lipinski definition) is 30. The van der Waals surface area contributed by atoms with Crippen LogP contribution in [0.3, 0.4) is 0 Å². The second kappa shape index (κ2) is 52.5. The molecule has 0 saturated carbocycles. The smallest absolute Gasteiger partial charge is 0.387 e. The Bertz CT molecular complexity index is 7570. The summed E-state index contributed by atoms with van der Waals surface area (Å²) in [4.78, 5) is 110.